The Morgan fingerprint density at radius 1 is 1.43 bits per heavy atom. The third-order valence-corrected chi connectivity index (χ3v) is 4.67. The van der Waals surface area contributed by atoms with Gasteiger partial charge >= 0.3 is 5.97 Å². The number of rotatable bonds is 5. The molecular weight excluding hydrogens is 272 g/mol. The van der Waals surface area contributed by atoms with E-state index in [4.69, 9.17) is 9.47 Å². The van der Waals surface area contributed by atoms with Gasteiger partial charge in [-0.2, -0.15) is 0 Å². The van der Waals surface area contributed by atoms with Crippen molar-refractivity contribution in [3.8, 4) is 0 Å². The van der Waals surface area contributed by atoms with E-state index in [-0.39, 0.29) is 17.8 Å². The van der Waals surface area contributed by atoms with Crippen molar-refractivity contribution >= 4 is 5.97 Å². The van der Waals surface area contributed by atoms with Crippen molar-refractivity contribution in [2.24, 2.45) is 11.8 Å². The van der Waals surface area contributed by atoms with Crippen molar-refractivity contribution in [2.75, 3.05) is 0 Å². The molecule has 0 spiro atoms. The number of esters is 1. The molecule has 1 unspecified atom stereocenters. The first-order chi connectivity index (χ1) is 9.78. The lowest BCUT2D eigenvalue weighted by Crippen LogP contribution is -2.62. The summed E-state index contributed by atoms with van der Waals surface area (Å²) in [6.07, 6.45) is 4.89. The number of hydrogen-bond acceptors (Lipinski definition) is 5. The van der Waals surface area contributed by atoms with Gasteiger partial charge in [-0.05, 0) is 33.1 Å². The molecule has 0 radical (unpaired) electrons. The summed E-state index contributed by atoms with van der Waals surface area (Å²) in [5, 5.41) is 20.9. The molecule has 2 rings (SSSR count). The molecule has 0 aromatic heterocycles. The Morgan fingerprint density at radius 3 is 2.76 bits per heavy atom. The van der Waals surface area contributed by atoms with E-state index in [1.807, 2.05) is 0 Å². The second kappa shape index (κ2) is 6.23. The Kier molecular flexibility index (Phi) is 4.96. The molecule has 1 aliphatic carbocycles. The number of cyclic esters (lactones) is 1. The Morgan fingerprint density at radius 2 is 2.14 bits per heavy atom. The van der Waals surface area contributed by atoms with Crippen LogP contribution in [0.3, 0.4) is 0 Å². The van der Waals surface area contributed by atoms with Crippen LogP contribution < -0.4 is 0 Å². The minimum Gasteiger partial charge on any atom is -0.432 e. The molecule has 0 aromatic carbocycles. The fourth-order valence-corrected chi connectivity index (χ4v) is 3.64. The van der Waals surface area contributed by atoms with Gasteiger partial charge in [-0.1, -0.05) is 32.6 Å². The number of carbonyl (C=O) groups excluding carboxylic acids is 1. The number of ether oxygens (including phenoxy) is 2. The quantitative estimate of drug-likeness (QED) is 0.602. The summed E-state index contributed by atoms with van der Waals surface area (Å²) >= 11 is 0. The summed E-state index contributed by atoms with van der Waals surface area (Å²) < 4.78 is 10.8. The van der Waals surface area contributed by atoms with Crippen LogP contribution in [-0.2, 0) is 14.3 Å². The molecule has 1 saturated carbocycles. The van der Waals surface area contributed by atoms with Crippen LogP contribution in [0, 0.1) is 11.8 Å². The highest BCUT2D eigenvalue weighted by molar-refractivity contribution is 5.74. The van der Waals surface area contributed by atoms with Gasteiger partial charge in [0, 0.05) is 5.92 Å². The second-order valence-electron chi connectivity index (χ2n) is 6.93. The average molecular weight is 300 g/mol. The third-order valence-electron chi connectivity index (χ3n) is 4.67. The zero-order valence-corrected chi connectivity index (χ0v) is 13.3. The van der Waals surface area contributed by atoms with E-state index in [9.17, 15) is 15.0 Å². The Bertz CT molecular complexity index is 375. The number of hydrogen-bond donors (Lipinski definition) is 2. The van der Waals surface area contributed by atoms with E-state index in [0.717, 1.165) is 38.5 Å². The van der Waals surface area contributed by atoms with Crippen LogP contribution in [0.1, 0.15) is 65.7 Å². The van der Waals surface area contributed by atoms with Gasteiger partial charge < -0.3 is 19.7 Å². The molecule has 1 saturated heterocycles. The third kappa shape index (κ3) is 3.58. The van der Waals surface area contributed by atoms with E-state index in [0.29, 0.717) is 6.42 Å². The zero-order valence-electron chi connectivity index (χ0n) is 13.3. The normalized spacial score (nSPS) is 37.0. The smallest absolute Gasteiger partial charge is 0.311 e. The summed E-state index contributed by atoms with van der Waals surface area (Å²) in [5.74, 6) is -2.13. The van der Waals surface area contributed by atoms with Gasteiger partial charge in [0.2, 0.25) is 6.29 Å². The van der Waals surface area contributed by atoms with Crippen LogP contribution in [0.15, 0.2) is 0 Å². The van der Waals surface area contributed by atoms with E-state index in [1.165, 1.54) is 13.8 Å². The molecule has 4 atom stereocenters. The van der Waals surface area contributed by atoms with Gasteiger partial charge in [0.15, 0.2) is 5.79 Å². The van der Waals surface area contributed by atoms with Crippen molar-refractivity contribution in [3.63, 3.8) is 0 Å². The Balaban J connectivity index is 2.22. The molecule has 5 nitrogen and oxygen atoms in total. The van der Waals surface area contributed by atoms with Gasteiger partial charge in [-0.15, -0.1) is 0 Å². The minimum atomic E-state index is -1.45. The summed E-state index contributed by atoms with van der Waals surface area (Å²) in [7, 11) is 0. The highest BCUT2D eigenvalue weighted by atomic mass is 16.8. The maximum atomic E-state index is 12.3. The van der Waals surface area contributed by atoms with Gasteiger partial charge in [0.05, 0.1) is 5.92 Å². The van der Waals surface area contributed by atoms with E-state index < -0.39 is 17.7 Å². The predicted molar refractivity (Wildman–Crippen MR) is 77.2 cm³/mol. The molecule has 2 fully saturated rings. The fraction of sp³-hybridized carbons (Fsp3) is 0.938. The topological polar surface area (TPSA) is 76.0 Å². The highest BCUT2D eigenvalue weighted by Gasteiger charge is 2.57. The lowest BCUT2D eigenvalue weighted by atomic mass is 9.66. The van der Waals surface area contributed by atoms with Crippen LogP contribution in [0.2, 0.25) is 0 Å². The largest absolute Gasteiger partial charge is 0.432 e. The monoisotopic (exact) mass is 300 g/mol. The predicted octanol–water partition coefficient (Wildman–Crippen LogP) is 2.34. The van der Waals surface area contributed by atoms with Crippen molar-refractivity contribution in [2.45, 2.75) is 83.4 Å². The average Bonchev–Trinajstić information content (AvgIpc) is 2.38. The Hall–Kier alpha value is -0.650. The summed E-state index contributed by atoms with van der Waals surface area (Å²) in [6.45, 7) is 5.04. The van der Waals surface area contributed by atoms with Crippen LogP contribution in [0.5, 0.6) is 0 Å². The summed E-state index contributed by atoms with van der Waals surface area (Å²) in [4.78, 5) is 12.3. The molecular formula is C16H28O5. The van der Waals surface area contributed by atoms with Gasteiger partial charge in [-0.3, -0.25) is 4.79 Å². The summed E-state index contributed by atoms with van der Waals surface area (Å²) in [6, 6.07) is 0. The SMILES string of the molecule is CCCC[C@H]1C(=O)OC(OC(C)(C)O)[C@@]2(O)CCCC[C@@H]12. The van der Waals surface area contributed by atoms with Gasteiger partial charge in [0.1, 0.15) is 5.60 Å². The van der Waals surface area contributed by atoms with Gasteiger partial charge in [0.25, 0.3) is 0 Å². The number of fused-ring (bicyclic) bond motifs is 1. The first-order valence-electron chi connectivity index (χ1n) is 8.11. The molecule has 0 amide bonds. The second-order valence-corrected chi connectivity index (χ2v) is 6.93. The molecule has 1 heterocycles. The molecule has 0 aromatic rings. The lowest BCUT2D eigenvalue weighted by Gasteiger charge is -2.51. The minimum absolute atomic E-state index is 0.133. The molecule has 1 aliphatic heterocycles. The molecule has 2 aliphatic rings. The number of unbranched alkanes of at least 4 members (excludes halogenated alkanes) is 1. The van der Waals surface area contributed by atoms with Crippen molar-refractivity contribution in [1.29, 1.82) is 0 Å². The van der Waals surface area contributed by atoms with Crippen molar-refractivity contribution in [3.05, 3.63) is 0 Å². The van der Waals surface area contributed by atoms with Gasteiger partial charge in [-0.25, -0.2) is 0 Å². The maximum Gasteiger partial charge on any atom is 0.311 e. The van der Waals surface area contributed by atoms with Crippen LogP contribution in [0.25, 0.3) is 0 Å². The highest BCUT2D eigenvalue weighted by Crippen LogP contribution is 2.47. The first kappa shape index (κ1) is 16.7. The summed E-state index contributed by atoms with van der Waals surface area (Å²) in [5.41, 5.74) is -1.18. The molecule has 122 valence electrons. The molecule has 0 bridgehead atoms. The van der Waals surface area contributed by atoms with Crippen LogP contribution >= 0.6 is 0 Å². The van der Waals surface area contributed by atoms with E-state index in [1.54, 1.807) is 0 Å². The van der Waals surface area contributed by atoms with E-state index in [2.05, 4.69) is 6.92 Å². The van der Waals surface area contributed by atoms with Crippen molar-refractivity contribution in [1.82, 2.24) is 0 Å². The maximum absolute atomic E-state index is 12.3. The standard InChI is InChI=1S/C16H28O5/c1-4-5-8-11-12-9-6-7-10-16(12,19)14(20-13(11)17)21-15(2,3)18/h11-12,14,18-19H,4-10H2,1-3H3/t11-,12+,14?,16-/m1/s1. The van der Waals surface area contributed by atoms with E-state index >= 15 is 0 Å². The first-order valence-corrected chi connectivity index (χ1v) is 8.11. The number of carbonyl (C=O) groups is 1. The van der Waals surface area contributed by atoms with Crippen LogP contribution in [-0.4, -0.2) is 33.9 Å². The number of aliphatic hydroxyl groups is 2. The molecule has 5 heteroatoms. The lowest BCUT2D eigenvalue weighted by molar-refractivity contribution is -0.343. The fourth-order valence-electron chi connectivity index (χ4n) is 3.64. The zero-order chi connectivity index (χ0) is 15.7. The molecule has 2 N–H and O–H groups in total. The van der Waals surface area contributed by atoms with Crippen molar-refractivity contribution < 1.29 is 24.5 Å². The Labute approximate surface area is 126 Å². The molecule has 21 heavy (non-hydrogen) atoms. The van der Waals surface area contributed by atoms with Crippen LogP contribution in [0.4, 0.5) is 0 Å².